The Morgan fingerprint density at radius 2 is 1.68 bits per heavy atom. The summed E-state index contributed by atoms with van der Waals surface area (Å²) in [5.74, 6) is -0.713. The van der Waals surface area contributed by atoms with E-state index in [0.29, 0.717) is 48.1 Å². The van der Waals surface area contributed by atoms with Gasteiger partial charge in [0.2, 0.25) is 0 Å². The summed E-state index contributed by atoms with van der Waals surface area (Å²) < 4.78 is 6.30. The molecule has 2 heterocycles. The molecule has 0 bridgehead atoms. The number of nitrogens with zero attached hydrogens (tertiary/aromatic N) is 4. The van der Waals surface area contributed by atoms with Gasteiger partial charge in [0, 0.05) is 45.9 Å². The molecule has 0 spiro atoms. The minimum absolute atomic E-state index is 0.203. The van der Waals surface area contributed by atoms with Gasteiger partial charge in [-0.2, -0.15) is 0 Å². The molecular weight excluding hydrogens is 682 g/mol. The Morgan fingerprint density at radius 3 is 2.37 bits per heavy atom. The van der Waals surface area contributed by atoms with Crippen molar-refractivity contribution in [3.05, 3.63) is 101 Å². The lowest BCUT2D eigenvalue weighted by Gasteiger charge is -2.36. The van der Waals surface area contributed by atoms with Crippen molar-refractivity contribution in [1.82, 2.24) is 9.80 Å². The Morgan fingerprint density at radius 1 is 1.00 bits per heavy atom. The number of halogens is 3. The van der Waals surface area contributed by atoms with E-state index in [1.807, 2.05) is 6.07 Å². The summed E-state index contributed by atoms with van der Waals surface area (Å²) in [7, 11) is 0. The van der Waals surface area contributed by atoms with Gasteiger partial charge < -0.3 is 14.5 Å². The molecule has 5 rings (SSSR count). The third-order valence-corrected chi connectivity index (χ3v) is 8.64. The van der Waals surface area contributed by atoms with Crippen LogP contribution in [-0.4, -0.2) is 65.9 Å². The van der Waals surface area contributed by atoms with Gasteiger partial charge in [0.25, 0.3) is 17.5 Å². The number of fused-ring (bicyclic) bond motifs is 1. The minimum Gasteiger partial charge on any atom is -0.379 e. The van der Waals surface area contributed by atoms with Crippen LogP contribution in [0.1, 0.15) is 40.5 Å². The highest BCUT2D eigenvalue weighted by Gasteiger charge is 2.44. The molecular formula is C29H27Cl2IN4O5. The highest BCUT2D eigenvalue weighted by Crippen LogP contribution is 2.42. The van der Waals surface area contributed by atoms with Crippen molar-refractivity contribution in [3.63, 3.8) is 0 Å². The number of carbonyl (C=O) groups excluding carboxylic acids is 2. The zero-order valence-corrected chi connectivity index (χ0v) is 25.8. The molecule has 3 aromatic carbocycles. The molecule has 2 amide bonds. The van der Waals surface area contributed by atoms with Crippen molar-refractivity contribution in [3.8, 4) is 0 Å². The summed E-state index contributed by atoms with van der Waals surface area (Å²) in [5.41, 5.74) is 1.46. The van der Waals surface area contributed by atoms with Crippen molar-refractivity contribution in [2.24, 2.45) is 0 Å². The number of benzene rings is 3. The number of rotatable bonds is 7. The van der Waals surface area contributed by atoms with Gasteiger partial charge in [0.1, 0.15) is 6.04 Å². The fourth-order valence-corrected chi connectivity index (χ4v) is 6.16. The second-order valence-corrected chi connectivity index (χ2v) is 12.0. The number of ether oxygens (including phenoxy) is 1. The standard InChI is InChI=1S/C29H27Cl2IN4O5/c1-18(23-8-6-21(31)16-26(23)36(39)40)35-27(19-2-4-20(30)5-3-19)29(38)34(11-10-33-12-14-41-15-13-33)25-9-7-22(32)17-24(25)28(35)37/h2-9,16-18,27H,10-15H2,1H3. The van der Waals surface area contributed by atoms with Crippen LogP contribution < -0.4 is 4.90 Å². The van der Waals surface area contributed by atoms with Crippen LogP contribution >= 0.6 is 45.8 Å². The summed E-state index contributed by atoms with van der Waals surface area (Å²) in [4.78, 5) is 46.0. The van der Waals surface area contributed by atoms with Crippen LogP contribution in [0.15, 0.2) is 60.7 Å². The molecule has 2 unspecified atom stereocenters. The van der Waals surface area contributed by atoms with Gasteiger partial charge in [-0.15, -0.1) is 0 Å². The van der Waals surface area contributed by atoms with Gasteiger partial charge in [-0.3, -0.25) is 24.6 Å². The number of nitro benzene ring substituents is 1. The Kier molecular flexibility index (Phi) is 9.15. The van der Waals surface area contributed by atoms with Crippen LogP contribution in [0.2, 0.25) is 10.0 Å². The van der Waals surface area contributed by atoms with E-state index in [0.717, 1.165) is 16.7 Å². The molecule has 0 aliphatic carbocycles. The van der Waals surface area contributed by atoms with E-state index >= 15 is 0 Å². The fourth-order valence-electron chi connectivity index (χ4n) is 5.38. The molecule has 1 saturated heterocycles. The molecule has 214 valence electrons. The molecule has 41 heavy (non-hydrogen) atoms. The van der Waals surface area contributed by atoms with E-state index < -0.39 is 22.9 Å². The maximum absolute atomic E-state index is 14.6. The summed E-state index contributed by atoms with van der Waals surface area (Å²) in [5, 5.41) is 12.7. The minimum atomic E-state index is -1.07. The number of hydrogen-bond acceptors (Lipinski definition) is 6. The maximum atomic E-state index is 14.6. The smallest absolute Gasteiger partial charge is 0.276 e. The average Bonchev–Trinajstić information content (AvgIpc) is 3.04. The van der Waals surface area contributed by atoms with E-state index in [9.17, 15) is 19.7 Å². The van der Waals surface area contributed by atoms with Gasteiger partial charge in [-0.1, -0.05) is 35.3 Å². The van der Waals surface area contributed by atoms with Gasteiger partial charge in [0.05, 0.1) is 41.0 Å². The first-order chi connectivity index (χ1) is 19.7. The van der Waals surface area contributed by atoms with Crippen LogP contribution in [-0.2, 0) is 9.53 Å². The normalized spacial score (nSPS) is 18.7. The predicted octanol–water partition coefficient (Wildman–Crippen LogP) is 6.13. The highest BCUT2D eigenvalue weighted by atomic mass is 127. The Hall–Kier alpha value is -2.77. The third-order valence-electron chi connectivity index (χ3n) is 7.48. The number of nitro groups is 1. The zero-order chi connectivity index (χ0) is 29.3. The lowest BCUT2D eigenvalue weighted by Crippen LogP contribution is -2.47. The average molecular weight is 709 g/mol. The van der Waals surface area contributed by atoms with Crippen LogP contribution in [0.25, 0.3) is 0 Å². The number of morpholine rings is 1. The van der Waals surface area contributed by atoms with Gasteiger partial charge >= 0.3 is 0 Å². The summed E-state index contributed by atoms with van der Waals surface area (Å²) in [6.45, 7) is 5.41. The molecule has 0 radical (unpaired) electrons. The molecule has 9 nitrogen and oxygen atoms in total. The van der Waals surface area contributed by atoms with Crippen LogP contribution in [0.4, 0.5) is 11.4 Å². The molecule has 0 N–H and O–H groups in total. The largest absolute Gasteiger partial charge is 0.379 e. The summed E-state index contributed by atoms with van der Waals surface area (Å²) in [6.07, 6.45) is 0. The first-order valence-electron chi connectivity index (χ1n) is 13.1. The van der Waals surface area contributed by atoms with Crippen molar-refractivity contribution in [1.29, 1.82) is 0 Å². The first kappa shape index (κ1) is 29.7. The van der Waals surface area contributed by atoms with Crippen molar-refractivity contribution >= 4 is 69.0 Å². The van der Waals surface area contributed by atoms with E-state index in [1.165, 1.54) is 11.0 Å². The highest BCUT2D eigenvalue weighted by molar-refractivity contribution is 14.1. The molecule has 2 aliphatic heterocycles. The second-order valence-electron chi connectivity index (χ2n) is 9.91. The predicted molar refractivity (Wildman–Crippen MR) is 166 cm³/mol. The lowest BCUT2D eigenvalue weighted by atomic mass is 9.97. The molecule has 2 atom stereocenters. The molecule has 2 aliphatic rings. The van der Waals surface area contributed by atoms with Gasteiger partial charge in [-0.05, 0) is 77.5 Å². The molecule has 3 aromatic rings. The second kappa shape index (κ2) is 12.6. The summed E-state index contributed by atoms with van der Waals surface area (Å²) >= 11 is 14.4. The molecule has 12 heteroatoms. The van der Waals surface area contributed by atoms with Crippen molar-refractivity contribution in [2.45, 2.75) is 19.0 Å². The summed E-state index contributed by atoms with van der Waals surface area (Å²) in [6, 6.07) is 14.6. The molecule has 0 aromatic heterocycles. The molecule has 1 fully saturated rings. The molecule has 0 saturated carbocycles. The van der Waals surface area contributed by atoms with Crippen molar-refractivity contribution < 1.29 is 19.2 Å². The number of anilines is 1. The monoisotopic (exact) mass is 708 g/mol. The fraction of sp³-hybridized carbons (Fsp3) is 0.310. The van der Waals surface area contributed by atoms with Crippen LogP contribution in [0, 0.1) is 13.7 Å². The van der Waals surface area contributed by atoms with E-state index in [1.54, 1.807) is 60.4 Å². The third kappa shape index (κ3) is 6.21. The van der Waals surface area contributed by atoms with E-state index in [4.69, 9.17) is 27.9 Å². The first-order valence-corrected chi connectivity index (χ1v) is 14.9. The number of carbonyl (C=O) groups is 2. The Bertz CT molecular complexity index is 1480. The van der Waals surface area contributed by atoms with Gasteiger partial charge in [-0.25, -0.2) is 0 Å². The SMILES string of the molecule is CC(c1ccc(Cl)cc1[N+](=O)[O-])N1C(=O)c2cc(I)ccc2N(CCN2CCOCC2)C(=O)C1c1ccc(Cl)cc1. The zero-order valence-electron chi connectivity index (χ0n) is 22.1. The van der Waals surface area contributed by atoms with Crippen LogP contribution in [0.5, 0.6) is 0 Å². The lowest BCUT2D eigenvalue weighted by molar-refractivity contribution is -0.385. The topological polar surface area (TPSA) is 96.2 Å². The van der Waals surface area contributed by atoms with Crippen LogP contribution in [0.3, 0.4) is 0 Å². The van der Waals surface area contributed by atoms with Gasteiger partial charge in [0.15, 0.2) is 0 Å². The Labute approximate surface area is 261 Å². The Balaban J connectivity index is 1.66. The van der Waals surface area contributed by atoms with Crippen molar-refractivity contribution in [2.75, 3.05) is 44.3 Å². The maximum Gasteiger partial charge on any atom is 0.276 e. The quantitative estimate of drug-likeness (QED) is 0.167. The number of hydrogen-bond donors (Lipinski definition) is 0. The van der Waals surface area contributed by atoms with E-state index in [2.05, 4.69) is 27.5 Å². The number of amides is 2. The van der Waals surface area contributed by atoms with E-state index in [-0.39, 0.29) is 22.2 Å².